The number of carbonyl (C=O) groups is 1. The molecule has 0 saturated heterocycles. The molecule has 0 unspecified atom stereocenters. The fourth-order valence-corrected chi connectivity index (χ4v) is 2.43. The molecule has 0 aliphatic heterocycles. The molecular formula is C14H13Cl2N3O. The predicted octanol–water partition coefficient (Wildman–Crippen LogP) is 4.08. The number of hydrogen-bond acceptors (Lipinski definition) is 3. The number of rotatable bonds is 2. The summed E-state index contributed by atoms with van der Waals surface area (Å²) < 4.78 is 0. The lowest BCUT2D eigenvalue weighted by Crippen LogP contribution is -2.25. The summed E-state index contributed by atoms with van der Waals surface area (Å²) in [5.41, 5.74) is 2.11. The second kappa shape index (κ2) is 5.77. The summed E-state index contributed by atoms with van der Waals surface area (Å²) >= 11 is 12.0. The van der Waals surface area contributed by atoms with E-state index in [1.54, 1.807) is 18.2 Å². The Bertz CT molecular complexity index is 581. The van der Waals surface area contributed by atoms with Gasteiger partial charge in [-0.05, 0) is 38.1 Å². The largest absolute Gasteiger partial charge is 0.274 e. The van der Waals surface area contributed by atoms with Crippen LogP contribution < -0.4 is 4.90 Å². The first-order valence-electron chi connectivity index (χ1n) is 5.96. The van der Waals surface area contributed by atoms with Crippen LogP contribution in [0.2, 0.25) is 10.0 Å². The molecule has 0 bridgehead atoms. The molecule has 0 spiro atoms. The van der Waals surface area contributed by atoms with E-state index >= 15 is 0 Å². The minimum Gasteiger partial charge on any atom is -0.274 e. The third-order valence-electron chi connectivity index (χ3n) is 2.59. The van der Waals surface area contributed by atoms with Crippen molar-refractivity contribution < 1.29 is 4.79 Å². The van der Waals surface area contributed by atoms with Crippen LogP contribution in [0.3, 0.4) is 0 Å². The van der Waals surface area contributed by atoms with Crippen LogP contribution >= 0.6 is 23.2 Å². The van der Waals surface area contributed by atoms with E-state index in [-0.39, 0.29) is 5.91 Å². The van der Waals surface area contributed by atoms with Crippen molar-refractivity contribution in [2.45, 2.75) is 20.8 Å². The number of amides is 1. The van der Waals surface area contributed by atoms with Crippen molar-refractivity contribution in [2.75, 3.05) is 4.90 Å². The molecule has 0 atom stereocenters. The fourth-order valence-electron chi connectivity index (χ4n) is 1.91. The highest BCUT2D eigenvalue weighted by Crippen LogP contribution is 2.29. The van der Waals surface area contributed by atoms with Crippen molar-refractivity contribution in [1.82, 2.24) is 9.97 Å². The Morgan fingerprint density at radius 1 is 1.00 bits per heavy atom. The predicted molar refractivity (Wildman–Crippen MR) is 80.8 cm³/mol. The van der Waals surface area contributed by atoms with Gasteiger partial charge in [-0.1, -0.05) is 23.2 Å². The number of halogens is 2. The molecule has 0 aliphatic rings. The molecule has 4 nitrogen and oxygen atoms in total. The van der Waals surface area contributed by atoms with Gasteiger partial charge < -0.3 is 0 Å². The summed E-state index contributed by atoms with van der Waals surface area (Å²) in [6.07, 6.45) is 0. The lowest BCUT2D eigenvalue weighted by atomic mass is 10.3. The van der Waals surface area contributed by atoms with Crippen LogP contribution in [0, 0.1) is 13.8 Å². The molecule has 1 amide bonds. The van der Waals surface area contributed by atoms with Crippen LogP contribution in [0.4, 0.5) is 11.6 Å². The molecule has 2 rings (SSSR count). The summed E-state index contributed by atoms with van der Waals surface area (Å²) in [6, 6.07) is 6.74. The maximum Gasteiger partial charge on any atom is 0.237 e. The van der Waals surface area contributed by atoms with E-state index in [1.165, 1.54) is 11.8 Å². The Kier molecular flexibility index (Phi) is 4.26. The van der Waals surface area contributed by atoms with E-state index in [9.17, 15) is 4.79 Å². The molecule has 2 aromatic rings. The van der Waals surface area contributed by atoms with Crippen LogP contribution in [0.15, 0.2) is 24.3 Å². The first-order valence-corrected chi connectivity index (χ1v) is 6.71. The zero-order valence-electron chi connectivity index (χ0n) is 11.3. The summed E-state index contributed by atoms with van der Waals surface area (Å²) in [6.45, 7) is 5.14. The molecular weight excluding hydrogens is 297 g/mol. The van der Waals surface area contributed by atoms with Gasteiger partial charge in [0, 0.05) is 28.4 Å². The second-order valence-corrected chi connectivity index (χ2v) is 5.31. The van der Waals surface area contributed by atoms with Crippen LogP contribution in [-0.4, -0.2) is 15.9 Å². The van der Waals surface area contributed by atoms with E-state index in [0.29, 0.717) is 21.7 Å². The van der Waals surface area contributed by atoms with Gasteiger partial charge in [0.25, 0.3) is 0 Å². The molecule has 0 fully saturated rings. The summed E-state index contributed by atoms with van der Waals surface area (Å²) in [7, 11) is 0. The molecule has 0 N–H and O–H groups in total. The number of nitrogens with zero attached hydrogens (tertiary/aromatic N) is 3. The van der Waals surface area contributed by atoms with E-state index in [2.05, 4.69) is 9.97 Å². The zero-order valence-corrected chi connectivity index (χ0v) is 12.8. The number of anilines is 2. The van der Waals surface area contributed by atoms with Gasteiger partial charge >= 0.3 is 0 Å². The van der Waals surface area contributed by atoms with Gasteiger partial charge in [0.2, 0.25) is 11.9 Å². The Morgan fingerprint density at radius 2 is 1.50 bits per heavy atom. The lowest BCUT2D eigenvalue weighted by molar-refractivity contribution is -0.115. The van der Waals surface area contributed by atoms with Crippen LogP contribution in [-0.2, 0) is 4.79 Å². The number of carbonyl (C=O) groups excluding carboxylic acids is 1. The van der Waals surface area contributed by atoms with E-state index in [0.717, 1.165) is 11.4 Å². The van der Waals surface area contributed by atoms with E-state index in [1.807, 2.05) is 19.9 Å². The van der Waals surface area contributed by atoms with Crippen molar-refractivity contribution in [1.29, 1.82) is 0 Å². The maximum absolute atomic E-state index is 11.9. The van der Waals surface area contributed by atoms with Gasteiger partial charge in [-0.2, -0.15) is 0 Å². The average Bonchev–Trinajstić information content (AvgIpc) is 2.25. The van der Waals surface area contributed by atoms with Crippen molar-refractivity contribution in [2.24, 2.45) is 0 Å². The number of aromatic nitrogens is 2. The maximum atomic E-state index is 11.9. The fraction of sp³-hybridized carbons (Fsp3) is 0.214. The smallest absolute Gasteiger partial charge is 0.237 e. The third kappa shape index (κ3) is 3.26. The van der Waals surface area contributed by atoms with Gasteiger partial charge in [0.1, 0.15) is 0 Å². The summed E-state index contributed by atoms with van der Waals surface area (Å²) in [5.74, 6) is 0.0988. The minimum absolute atomic E-state index is 0.215. The van der Waals surface area contributed by atoms with Gasteiger partial charge in [0.15, 0.2) is 0 Å². The van der Waals surface area contributed by atoms with Gasteiger partial charge in [-0.15, -0.1) is 0 Å². The number of hydrogen-bond donors (Lipinski definition) is 0. The molecule has 1 aromatic heterocycles. The van der Waals surface area contributed by atoms with Crippen LogP contribution in [0.25, 0.3) is 0 Å². The highest BCUT2D eigenvalue weighted by atomic mass is 35.5. The number of aryl methyl sites for hydroxylation is 2. The van der Waals surface area contributed by atoms with E-state index in [4.69, 9.17) is 23.2 Å². The monoisotopic (exact) mass is 309 g/mol. The second-order valence-electron chi connectivity index (χ2n) is 4.43. The van der Waals surface area contributed by atoms with Crippen molar-refractivity contribution in [3.05, 3.63) is 45.7 Å². The molecule has 1 aromatic carbocycles. The summed E-state index contributed by atoms with van der Waals surface area (Å²) in [5, 5.41) is 0.895. The molecule has 6 heteroatoms. The molecule has 0 radical (unpaired) electrons. The third-order valence-corrected chi connectivity index (χ3v) is 3.03. The topological polar surface area (TPSA) is 46.1 Å². The number of benzene rings is 1. The Hall–Kier alpha value is -1.65. The highest BCUT2D eigenvalue weighted by molar-refractivity contribution is 6.35. The lowest BCUT2D eigenvalue weighted by Gasteiger charge is -2.20. The Balaban J connectivity index is 2.59. The Morgan fingerprint density at radius 3 is 1.95 bits per heavy atom. The van der Waals surface area contributed by atoms with E-state index < -0.39 is 0 Å². The van der Waals surface area contributed by atoms with Gasteiger partial charge in [-0.3, -0.25) is 4.79 Å². The Labute approximate surface area is 127 Å². The normalized spacial score (nSPS) is 10.4. The molecule has 104 valence electrons. The van der Waals surface area contributed by atoms with Crippen molar-refractivity contribution in [3.8, 4) is 0 Å². The molecule has 0 saturated carbocycles. The molecule has 0 aliphatic carbocycles. The quantitative estimate of drug-likeness (QED) is 0.839. The van der Waals surface area contributed by atoms with Crippen molar-refractivity contribution in [3.63, 3.8) is 0 Å². The SMILES string of the molecule is CC(=O)N(c1cc(Cl)cc(Cl)c1)c1nc(C)cc(C)n1. The van der Waals surface area contributed by atoms with Crippen LogP contribution in [0.5, 0.6) is 0 Å². The molecule has 20 heavy (non-hydrogen) atoms. The highest BCUT2D eigenvalue weighted by Gasteiger charge is 2.18. The van der Waals surface area contributed by atoms with Crippen molar-refractivity contribution >= 4 is 40.7 Å². The molecule has 1 heterocycles. The van der Waals surface area contributed by atoms with Gasteiger partial charge in [-0.25, -0.2) is 14.9 Å². The first kappa shape index (κ1) is 14.8. The zero-order chi connectivity index (χ0) is 14.9. The first-order chi connectivity index (χ1) is 9.36. The minimum atomic E-state index is -0.215. The van der Waals surface area contributed by atoms with Crippen LogP contribution in [0.1, 0.15) is 18.3 Å². The van der Waals surface area contributed by atoms with Gasteiger partial charge in [0.05, 0.1) is 5.69 Å². The average molecular weight is 310 g/mol. The summed E-state index contributed by atoms with van der Waals surface area (Å²) in [4.78, 5) is 21.9. The standard InChI is InChI=1S/C14H13Cl2N3O/c1-8-4-9(2)18-14(17-8)19(10(3)20)13-6-11(15)5-12(16)7-13/h4-7H,1-3H3.